The molecule has 0 radical (unpaired) electrons. The van der Waals surface area contributed by atoms with Crippen LogP contribution < -0.4 is 14.8 Å². The second-order valence-corrected chi connectivity index (χ2v) is 6.29. The number of alkyl halides is 2. The summed E-state index contributed by atoms with van der Waals surface area (Å²) >= 11 is 1.49. The molecular weight excluding hydrogens is 374 g/mol. The van der Waals surface area contributed by atoms with E-state index < -0.39 is 6.61 Å². The standard InChI is InChI=1S/C19H16F2N2O3S/c1-25-16-9-13(7-8-15(16)26-19(20)21)17(24)22-10-14-11-27-18(23-14)12-5-3-2-4-6-12/h2-9,11,19H,10H2,1H3,(H,22,24). The summed E-state index contributed by atoms with van der Waals surface area (Å²) in [7, 11) is 1.32. The Morgan fingerprint density at radius 3 is 2.67 bits per heavy atom. The van der Waals surface area contributed by atoms with E-state index in [0.29, 0.717) is 0 Å². The molecule has 0 saturated carbocycles. The van der Waals surface area contributed by atoms with E-state index in [2.05, 4.69) is 15.0 Å². The molecule has 0 saturated heterocycles. The van der Waals surface area contributed by atoms with Crippen LogP contribution in [0.1, 0.15) is 16.1 Å². The summed E-state index contributed by atoms with van der Waals surface area (Å²) in [5.74, 6) is -0.440. The molecule has 1 N–H and O–H groups in total. The quantitative estimate of drug-likeness (QED) is 0.652. The fourth-order valence-corrected chi connectivity index (χ4v) is 3.20. The Hall–Kier alpha value is -3.00. The van der Waals surface area contributed by atoms with Crippen molar-refractivity contribution in [2.45, 2.75) is 13.2 Å². The number of thiazole rings is 1. The van der Waals surface area contributed by atoms with Gasteiger partial charge < -0.3 is 14.8 Å². The summed E-state index contributed by atoms with van der Waals surface area (Å²) in [6.07, 6.45) is 0. The first-order valence-corrected chi connectivity index (χ1v) is 8.85. The van der Waals surface area contributed by atoms with Crippen LogP contribution in [0.2, 0.25) is 0 Å². The van der Waals surface area contributed by atoms with E-state index in [1.807, 2.05) is 35.7 Å². The third-order valence-corrected chi connectivity index (χ3v) is 4.58. The largest absolute Gasteiger partial charge is 0.493 e. The van der Waals surface area contributed by atoms with Crippen molar-refractivity contribution in [2.75, 3.05) is 7.11 Å². The highest BCUT2D eigenvalue weighted by atomic mass is 32.1. The lowest BCUT2D eigenvalue weighted by Crippen LogP contribution is -2.23. The topological polar surface area (TPSA) is 60.5 Å². The summed E-state index contributed by atoms with van der Waals surface area (Å²) in [5, 5.41) is 5.50. The molecule has 1 aromatic heterocycles. The number of halogens is 2. The molecule has 0 bridgehead atoms. The maximum Gasteiger partial charge on any atom is 0.387 e. The minimum Gasteiger partial charge on any atom is -0.493 e. The molecule has 3 rings (SSSR count). The third-order valence-electron chi connectivity index (χ3n) is 3.64. The second kappa shape index (κ2) is 8.59. The van der Waals surface area contributed by atoms with Crippen molar-refractivity contribution in [1.82, 2.24) is 10.3 Å². The number of rotatable bonds is 7. The Balaban J connectivity index is 1.65. The van der Waals surface area contributed by atoms with Crippen LogP contribution in [0.25, 0.3) is 10.6 Å². The van der Waals surface area contributed by atoms with Crippen LogP contribution in [0.4, 0.5) is 8.78 Å². The van der Waals surface area contributed by atoms with Crippen LogP contribution >= 0.6 is 11.3 Å². The normalized spacial score (nSPS) is 10.7. The number of carbonyl (C=O) groups excluding carboxylic acids is 1. The van der Waals surface area contributed by atoms with Crippen LogP contribution in [0.15, 0.2) is 53.9 Å². The molecule has 3 aromatic rings. The number of ether oxygens (including phenoxy) is 2. The fraction of sp³-hybridized carbons (Fsp3) is 0.158. The van der Waals surface area contributed by atoms with E-state index in [9.17, 15) is 13.6 Å². The zero-order chi connectivity index (χ0) is 19.2. The van der Waals surface area contributed by atoms with Crippen molar-refractivity contribution in [3.8, 4) is 22.1 Å². The van der Waals surface area contributed by atoms with Gasteiger partial charge in [-0.05, 0) is 18.2 Å². The molecule has 140 valence electrons. The van der Waals surface area contributed by atoms with Gasteiger partial charge in [0.05, 0.1) is 19.3 Å². The minimum absolute atomic E-state index is 0.0583. The van der Waals surface area contributed by atoms with Gasteiger partial charge in [-0.15, -0.1) is 11.3 Å². The molecule has 0 aliphatic carbocycles. The fourth-order valence-electron chi connectivity index (χ4n) is 2.38. The van der Waals surface area contributed by atoms with E-state index in [1.54, 1.807) is 0 Å². The Morgan fingerprint density at radius 1 is 1.19 bits per heavy atom. The molecule has 8 heteroatoms. The van der Waals surface area contributed by atoms with Crippen LogP contribution in [-0.4, -0.2) is 24.6 Å². The lowest BCUT2D eigenvalue weighted by atomic mass is 10.2. The SMILES string of the molecule is COc1cc(C(=O)NCc2csc(-c3ccccc3)n2)ccc1OC(F)F. The second-order valence-electron chi connectivity index (χ2n) is 5.44. The summed E-state index contributed by atoms with van der Waals surface area (Å²) in [6, 6.07) is 13.8. The number of nitrogens with zero attached hydrogens (tertiary/aromatic N) is 1. The van der Waals surface area contributed by atoms with Gasteiger partial charge in [-0.3, -0.25) is 4.79 Å². The first-order chi connectivity index (χ1) is 13.1. The summed E-state index contributed by atoms with van der Waals surface area (Å²) < 4.78 is 34.1. The number of benzene rings is 2. The lowest BCUT2D eigenvalue weighted by Gasteiger charge is -2.11. The Morgan fingerprint density at radius 2 is 1.96 bits per heavy atom. The van der Waals surface area contributed by atoms with Gasteiger partial charge in [-0.2, -0.15) is 8.78 Å². The average molecular weight is 390 g/mol. The maximum absolute atomic E-state index is 12.4. The number of carbonyl (C=O) groups is 1. The number of hydrogen-bond acceptors (Lipinski definition) is 5. The monoisotopic (exact) mass is 390 g/mol. The highest BCUT2D eigenvalue weighted by molar-refractivity contribution is 7.13. The van der Waals surface area contributed by atoms with Crippen LogP contribution in [0, 0.1) is 0 Å². The van der Waals surface area contributed by atoms with Crippen molar-refractivity contribution in [3.63, 3.8) is 0 Å². The van der Waals surface area contributed by atoms with E-state index in [0.717, 1.165) is 16.3 Å². The molecule has 0 unspecified atom stereocenters. The van der Waals surface area contributed by atoms with Crippen LogP contribution in [0.3, 0.4) is 0 Å². The highest BCUT2D eigenvalue weighted by Crippen LogP contribution is 2.29. The van der Waals surface area contributed by atoms with Crippen molar-refractivity contribution in [3.05, 3.63) is 65.2 Å². The van der Waals surface area contributed by atoms with E-state index >= 15 is 0 Å². The van der Waals surface area contributed by atoms with Crippen molar-refractivity contribution in [1.29, 1.82) is 0 Å². The van der Waals surface area contributed by atoms with E-state index in [-0.39, 0.29) is 29.5 Å². The third kappa shape index (κ3) is 4.79. The Kier molecular flexibility index (Phi) is 5.97. The minimum atomic E-state index is -2.97. The van der Waals surface area contributed by atoms with Crippen LogP contribution in [-0.2, 0) is 6.54 Å². The molecule has 1 heterocycles. The first-order valence-electron chi connectivity index (χ1n) is 7.97. The van der Waals surface area contributed by atoms with E-state index in [4.69, 9.17) is 4.74 Å². The smallest absolute Gasteiger partial charge is 0.387 e. The average Bonchev–Trinajstić information content (AvgIpc) is 3.16. The summed E-state index contributed by atoms with van der Waals surface area (Å²) in [5.41, 5.74) is 2.02. The van der Waals surface area contributed by atoms with Gasteiger partial charge >= 0.3 is 6.61 Å². The van der Waals surface area contributed by atoms with Crippen molar-refractivity contribution >= 4 is 17.2 Å². The lowest BCUT2D eigenvalue weighted by molar-refractivity contribution is -0.0512. The van der Waals surface area contributed by atoms with Gasteiger partial charge in [0.1, 0.15) is 5.01 Å². The molecule has 0 spiro atoms. The first kappa shape index (κ1) is 18.8. The van der Waals surface area contributed by atoms with Gasteiger partial charge in [-0.1, -0.05) is 30.3 Å². The molecule has 27 heavy (non-hydrogen) atoms. The number of aromatic nitrogens is 1. The van der Waals surface area contributed by atoms with Crippen LogP contribution in [0.5, 0.6) is 11.5 Å². The van der Waals surface area contributed by atoms with Gasteiger partial charge in [0.2, 0.25) is 0 Å². The molecule has 1 amide bonds. The molecule has 5 nitrogen and oxygen atoms in total. The number of amides is 1. The highest BCUT2D eigenvalue weighted by Gasteiger charge is 2.14. The zero-order valence-electron chi connectivity index (χ0n) is 14.3. The Labute approximate surface area is 158 Å². The zero-order valence-corrected chi connectivity index (χ0v) is 15.1. The predicted octanol–water partition coefficient (Wildman–Crippen LogP) is 4.35. The van der Waals surface area contributed by atoms with Crippen molar-refractivity contribution < 1.29 is 23.0 Å². The summed E-state index contributed by atoms with van der Waals surface area (Å²) in [4.78, 5) is 16.8. The number of hydrogen-bond donors (Lipinski definition) is 1. The molecule has 0 aliphatic rings. The molecule has 0 aliphatic heterocycles. The predicted molar refractivity (Wildman–Crippen MR) is 98.3 cm³/mol. The molecule has 0 atom stereocenters. The number of nitrogens with one attached hydrogen (secondary N) is 1. The Bertz CT molecular complexity index is 916. The molecular formula is C19H16F2N2O3S. The maximum atomic E-state index is 12.4. The van der Waals surface area contributed by atoms with Gasteiger partial charge in [-0.25, -0.2) is 4.98 Å². The van der Waals surface area contributed by atoms with Crippen molar-refractivity contribution in [2.24, 2.45) is 0 Å². The van der Waals surface area contributed by atoms with E-state index in [1.165, 1.54) is 36.6 Å². The number of methoxy groups -OCH3 is 1. The van der Waals surface area contributed by atoms with Gasteiger partial charge in [0.15, 0.2) is 11.5 Å². The summed E-state index contributed by atoms with van der Waals surface area (Å²) in [6.45, 7) is -2.72. The van der Waals surface area contributed by atoms with Gasteiger partial charge in [0.25, 0.3) is 5.91 Å². The molecule has 2 aromatic carbocycles. The van der Waals surface area contributed by atoms with Gasteiger partial charge in [0, 0.05) is 16.5 Å². The molecule has 0 fully saturated rings.